The van der Waals surface area contributed by atoms with Crippen LogP contribution in [0, 0.1) is 0 Å². The van der Waals surface area contributed by atoms with Crippen molar-refractivity contribution in [2.24, 2.45) is 5.73 Å². The largest absolute Gasteiger partial charge is 0.369 e. The average molecular weight is 298 g/mol. The van der Waals surface area contributed by atoms with E-state index >= 15 is 0 Å². The number of carbonyl (C=O) groups excluding carboxylic acids is 2. The molecule has 1 saturated heterocycles. The molecule has 0 radical (unpaired) electrons. The molecule has 0 spiro atoms. The molecule has 0 aliphatic carbocycles. The molecule has 1 atom stereocenters. The summed E-state index contributed by atoms with van der Waals surface area (Å²) in [5.41, 5.74) is 6.31. The highest BCUT2D eigenvalue weighted by Crippen LogP contribution is 2.33. The Morgan fingerprint density at radius 1 is 1.53 bits per heavy atom. The van der Waals surface area contributed by atoms with Crippen molar-refractivity contribution in [3.05, 3.63) is 22.4 Å². The van der Waals surface area contributed by atoms with Gasteiger partial charge in [0.2, 0.25) is 11.8 Å². The van der Waals surface area contributed by atoms with Gasteiger partial charge in [-0.2, -0.15) is 23.1 Å². The van der Waals surface area contributed by atoms with E-state index in [0.717, 1.165) is 19.4 Å². The van der Waals surface area contributed by atoms with Crippen LogP contribution in [0.3, 0.4) is 0 Å². The van der Waals surface area contributed by atoms with Crippen LogP contribution in [0.2, 0.25) is 0 Å². The van der Waals surface area contributed by atoms with E-state index in [9.17, 15) is 9.59 Å². The minimum Gasteiger partial charge on any atom is -0.369 e. The summed E-state index contributed by atoms with van der Waals surface area (Å²) >= 11 is 3.10. The number of hydrogen-bond donors (Lipinski definition) is 1. The predicted octanol–water partition coefficient (Wildman–Crippen LogP) is 2.02. The molecule has 2 amide bonds. The van der Waals surface area contributed by atoms with Gasteiger partial charge in [0.15, 0.2) is 0 Å². The molecule has 1 aromatic rings. The van der Waals surface area contributed by atoms with Crippen molar-refractivity contribution >= 4 is 34.9 Å². The molecule has 19 heavy (non-hydrogen) atoms. The molecule has 2 heterocycles. The van der Waals surface area contributed by atoms with Crippen LogP contribution in [-0.2, 0) is 9.59 Å². The normalized spacial score (nSPS) is 18.7. The Morgan fingerprint density at radius 2 is 2.37 bits per heavy atom. The van der Waals surface area contributed by atoms with E-state index < -0.39 is 0 Å². The number of carbonyl (C=O) groups is 2. The summed E-state index contributed by atoms with van der Waals surface area (Å²) in [6.45, 7) is 0.847. The van der Waals surface area contributed by atoms with Gasteiger partial charge in [0.1, 0.15) is 0 Å². The van der Waals surface area contributed by atoms with E-state index in [4.69, 9.17) is 5.73 Å². The topological polar surface area (TPSA) is 63.4 Å². The Hall–Kier alpha value is -1.01. The first-order valence-corrected chi connectivity index (χ1v) is 8.46. The molecular weight excluding hydrogens is 280 g/mol. The Balaban J connectivity index is 1.83. The van der Waals surface area contributed by atoms with Crippen molar-refractivity contribution in [2.45, 2.75) is 25.3 Å². The fraction of sp³-hybridized carbons (Fsp3) is 0.538. The van der Waals surface area contributed by atoms with Crippen molar-refractivity contribution in [3.63, 3.8) is 0 Å². The molecule has 2 N–H and O–H groups in total. The SMILES string of the molecule is NC(=O)CSCCC(=O)N1CCC[C@@H]1c1ccsc1. The van der Waals surface area contributed by atoms with Gasteiger partial charge in [0.25, 0.3) is 0 Å². The van der Waals surface area contributed by atoms with Crippen LogP contribution in [-0.4, -0.2) is 34.8 Å². The van der Waals surface area contributed by atoms with Crippen molar-refractivity contribution in [1.82, 2.24) is 4.90 Å². The molecule has 1 fully saturated rings. The highest BCUT2D eigenvalue weighted by Gasteiger charge is 2.29. The molecule has 0 saturated carbocycles. The number of nitrogens with two attached hydrogens (primary N) is 1. The summed E-state index contributed by atoms with van der Waals surface area (Å²) in [7, 11) is 0. The van der Waals surface area contributed by atoms with Crippen molar-refractivity contribution in [1.29, 1.82) is 0 Å². The van der Waals surface area contributed by atoms with E-state index in [1.54, 1.807) is 11.3 Å². The first-order chi connectivity index (χ1) is 9.18. The monoisotopic (exact) mass is 298 g/mol. The van der Waals surface area contributed by atoms with Crippen LogP contribution < -0.4 is 5.73 Å². The number of amides is 2. The maximum absolute atomic E-state index is 12.2. The molecular formula is C13H18N2O2S2. The minimum absolute atomic E-state index is 0.186. The third-order valence-corrected chi connectivity index (χ3v) is 4.89. The van der Waals surface area contributed by atoms with E-state index in [0.29, 0.717) is 17.9 Å². The van der Waals surface area contributed by atoms with Gasteiger partial charge in [0.05, 0.1) is 11.8 Å². The number of likely N-dealkylation sites (tertiary alicyclic amines) is 1. The lowest BCUT2D eigenvalue weighted by Gasteiger charge is -2.24. The predicted molar refractivity (Wildman–Crippen MR) is 79.1 cm³/mol. The van der Waals surface area contributed by atoms with Gasteiger partial charge in [-0.3, -0.25) is 9.59 Å². The Morgan fingerprint density at radius 3 is 3.05 bits per heavy atom. The second-order valence-corrected chi connectivity index (χ2v) is 6.46. The Labute approximate surface area is 121 Å². The molecule has 0 bridgehead atoms. The Kier molecular flexibility index (Phi) is 5.27. The van der Waals surface area contributed by atoms with Crippen molar-refractivity contribution in [3.8, 4) is 0 Å². The van der Waals surface area contributed by atoms with Crippen LogP contribution in [0.5, 0.6) is 0 Å². The van der Waals surface area contributed by atoms with E-state index in [1.807, 2.05) is 4.90 Å². The first kappa shape index (κ1) is 14.4. The smallest absolute Gasteiger partial charge is 0.227 e. The first-order valence-electron chi connectivity index (χ1n) is 6.36. The maximum atomic E-state index is 12.2. The van der Waals surface area contributed by atoms with E-state index in [1.165, 1.54) is 17.3 Å². The number of hydrogen-bond acceptors (Lipinski definition) is 4. The molecule has 1 aliphatic rings. The van der Waals surface area contributed by atoms with Gasteiger partial charge >= 0.3 is 0 Å². The van der Waals surface area contributed by atoms with Gasteiger partial charge in [-0.25, -0.2) is 0 Å². The Bertz CT molecular complexity index is 434. The molecule has 0 aromatic carbocycles. The molecule has 6 heteroatoms. The summed E-state index contributed by atoms with van der Waals surface area (Å²) in [5.74, 6) is 0.816. The zero-order valence-corrected chi connectivity index (χ0v) is 12.3. The fourth-order valence-corrected chi connectivity index (χ4v) is 3.72. The third-order valence-electron chi connectivity index (χ3n) is 3.21. The van der Waals surface area contributed by atoms with Gasteiger partial charge in [-0.1, -0.05) is 0 Å². The lowest BCUT2D eigenvalue weighted by atomic mass is 10.1. The lowest BCUT2D eigenvalue weighted by molar-refractivity contribution is -0.131. The summed E-state index contributed by atoms with van der Waals surface area (Å²) in [6.07, 6.45) is 2.61. The number of rotatable bonds is 6. The molecule has 4 nitrogen and oxygen atoms in total. The number of primary amides is 1. The second-order valence-electron chi connectivity index (χ2n) is 4.57. The molecule has 0 unspecified atom stereocenters. The van der Waals surface area contributed by atoms with Crippen LogP contribution in [0.4, 0.5) is 0 Å². The van der Waals surface area contributed by atoms with Crippen LogP contribution in [0.1, 0.15) is 30.9 Å². The standard InChI is InChI=1S/C13H18N2O2S2/c14-12(16)9-19-7-4-13(17)15-5-1-2-11(15)10-3-6-18-8-10/h3,6,8,11H,1-2,4-5,7,9H2,(H2,14,16)/t11-/m1/s1. The summed E-state index contributed by atoms with van der Waals surface area (Å²) in [5, 5.41) is 4.18. The quantitative estimate of drug-likeness (QED) is 0.817. The minimum atomic E-state index is -0.324. The molecule has 104 valence electrons. The van der Waals surface area contributed by atoms with Gasteiger partial charge in [0, 0.05) is 18.7 Å². The van der Waals surface area contributed by atoms with Gasteiger partial charge in [-0.15, -0.1) is 0 Å². The van der Waals surface area contributed by atoms with Crippen molar-refractivity contribution in [2.75, 3.05) is 18.1 Å². The summed E-state index contributed by atoms with van der Waals surface area (Å²) in [6, 6.07) is 2.35. The number of nitrogens with zero attached hydrogens (tertiary/aromatic N) is 1. The zero-order valence-electron chi connectivity index (χ0n) is 10.7. The van der Waals surface area contributed by atoms with Crippen LogP contribution in [0.15, 0.2) is 16.8 Å². The second kappa shape index (κ2) is 6.96. The zero-order chi connectivity index (χ0) is 13.7. The molecule has 1 aliphatic heterocycles. The number of thiophene rings is 1. The molecule has 1 aromatic heterocycles. The summed E-state index contributed by atoms with van der Waals surface area (Å²) < 4.78 is 0. The maximum Gasteiger partial charge on any atom is 0.227 e. The molecule has 2 rings (SSSR count). The van der Waals surface area contributed by atoms with E-state index in [2.05, 4.69) is 16.8 Å². The number of thioether (sulfide) groups is 1. The third kappa shape index (κ3) is 3.98. The van der Waals surface area contributed by atoms with Crippen LogP contribution in [0.25, 0.3) is 0 Å². The van der Waals surface area contributed by atoms with Crippen LogP contribution >= 0.6 is 23.1 Å². The van der Waals surface area contributed by atoms with Gasteiger partial charge < -0.3 is 10.6 Å². The van der Waals surface area contributed by atoms with Gasteiger partial charge in [-0.05, 0) is 35.2 Å². The fourth-order valence-electron chi connectivity index (χ4n) is 2.35. The van der Waals surface area contributed by atoms with Crippen molar-refractivity contribution < 1.29 is 9.59 Å². The highest BCUT2D eigenvalue weighted by molar-refractivity contribution is 7.99. The highest BCUT2D eigenvalue weighted by atomic mass is 32.2. The summed E-state index contributed by atoms with van der Waals surface area (Å²) in [4.78, 5) is 24.8. The average Bonchev–Trinajstić information content (AvgIpc) is 3.02. The lowest BCUT2D eigenvalue weighted by Crippen LogP contribution is -2.30. The van der Waals surface area contributed by atoms with E-state index in [-0.39, 0.29) is 17.9 Å².